The molecule has 1 heterocycles. The first-order valence-corrected chi connectivity index (χ1v) is 6.19. The van der Waals surface area contributed by atoms with Gasteiger partial charge in [0.1, 0.15) is 6.04 Å². The van der Waals surface area contributed by atoms with E-state index < -0.39 is 22.2 Å². The van der Waals surface area contributed by atoms with Crippen LogP contribution in [0.15, 0.2) is 0 Å². The van der Waals surface area contributed by atoms with Gasteiger partial charge in [-0.1, -0.05) is 0 Å². The molecule has 0 aliphatic carbocycles. The summed E-state index contributed by atoms with van der Waals surface area (Å²) in [6.07, 6.45) is 1.87. The van der Waals surface area contributed by atoms with Crippen molar-refractivity contribution in [1.29, 1.82) is 0 Å². The van der Waals surface area contributed by atoms with Gasteiger partial charge in [0.05, 0.1) is 0 Å². The fraction of sp³-hybridized carbons (Fsp3) is 0.875. The van der Waals surface area contributed by atoms with Crippen LogP contribution in [-0.2, 0) is 15.0 Å². The second-order valence-corrected chi connectivity index (χ2v) is 5.85. The lowest BCUT2D eigenvalue weighted by Gasteiger charge is -2.33. The summed E-state index contributed by atoms with van der Waals surface area (Å²) in [4.78, 5) is 10.9. The van der Waals surface area contributed by atoms with Gasteiger partial charge in [0.2, 0.25) is 0 Å². The quantitative estimate of drug-likeness (QED) is 0.732. The van der Waals surface area contributed by atoms with Crippen LogP contribution in [0.3, 0.4) is 0 Å². The molecule has 0 aromatic carbocycles. The Balaban J connectivity index is 2.95. The van der Waals surface area contributed by atoms with E-state index in [-0.39, 0.29) is 6.54 Å². The molecule has 0 unspecified atom stereocenters. The molecule has 0 amide bonds. The van der Waals surface area contributed by atoms with Crippen LogP contribution < -0.4 is 0 Å². The smallest absolute Gasteiger partial charge is 0.322 e. The summed E-state index contributed by atoms with van der Waals surface area (Å²) in [5.74, 6) is -1.07. The highest BCUT2D eigenvalue weighted by molar-refractivity contribution is 7.86. The summed E-state index contributed by atoms with van der Waals surface area (Å²) in [5.41, 5.74) is 0. The van der Waals surface area contributed by atoms with E-state index in [1.807, 2.05) is 0 Å². The molecule has 7 heteroatoms. The molecule has 0 aromatic rings. The fourth-order valence-corrected chi connectivity index (χ4v) is 2.93. The van der Waals surface area contributed by atoms with Crippen LogP contribution in [0.1, 0.15) is 19.3 Å². The lowest BCUT2D eigenvalue weighted by atomic mass is 10.1. The average Bonchev–Trinajstić information content (AvgIpc) is 2.17. The minimum atomic E-state index is -3.61. The number of carboxylic acids is 1. The molecule has 1 rings (SSSR count). The monoisotopic (exact) mass is 236 g/mol. The van der Waals surface area contributed by atoms with Crippen molar-refractivity contribution in [2.75, 3.05) is 20.6 Å². The third-order valence-electron chi connectivity index (χ3n) is 2.50. The number of aliphatic carboxylic acids is 1. The van der Waals surface area contributed by atoms with Gasteiger partial charge >= 0.3 is 5.97 Å². The zero-order valence-corrected chi connectivity index (χ0v) is 9.70. The molecule has 1 aliphatic heterocycles. The molecule has 1 N–H and O–H groups in total. The molecule has 0 saturated carbocycles. The average molecular weight is 236 g/mol. The highest BCUT2D eigenvalue weighted by atomic mass is 32.2. The van der Waals surface area contributed by atoms with E-state index in [1.165, 1.54) is 14.1 Å². The molecule has 6 nitrogen and oxygen atoms in total. The van der Waals surface area contributed by atoms with Crippen LogP contribution in [0.4, 0.5) is 0 Å². The lowest BCUT2D eigenvalue weighted by Crippen LogP contribution is -2.51. The Morgan fingerprint density at radius 1 is 1.40 bits per heavy atom. The Morgan fingerprint density at radius 3 is 2.47 bits per heavy atom. The van der Waals surface area contributed by atoms with Crippen molar-refractivity contribution in [1.82, 2.24) is 8.61 Å². The maximum Gasteiger partial charge on any atom is 0.322 e. The number of carboxylic acid groups (broad SMARTS) is 1. The van der Waals surface area contributed by atoms with Gasteiger partial charge < -0.3 is 5.11 Å². The van der Waals surface area contributed by atoms with E-state index in [9.17, 15) is 13.2 Å². The molecule has 1 saturated heterocycles. The molecule has 0 radical (unpaired) electrons. The van der Waals surface area contributed by atoms with Crippen LogP contribution in [0, 0.1) is 0 Å². The molecule has 15 heavy (non-hydrogen) atoms. The highest BCUT2D eigenvalue weighted by Gasteiger charge is 2.37. The molecule has 1 fully saturated rings. The third kappa shape index (κ3) is 2.47. The summed E-state index contributed by atoms with van der Waals surface area (Å²) in [6.45, 7) is 0.289. The maximum absolute atomic E-state index is 11.8. The van der Waals surface area contributed by atoms with Crippen molar-refractivity contribution in [3.63, 3.8) is 0 Å². The summed E-state index contributed by atoms with van der Waals surface area (Å²) in [5, 5.41) is 8.93. The topological polar surface area (TPSA) is 77.9 Å². The minimum Gasteiger partial charge on any atom is -0.480 e. The maximum atomic E-state index is 11.8. The van der Waals surface area contributed by atoms with Gasteiger partial charge in [0.15, 0.2) is 0 Å². The third-order valence-corrected chi connectivity index (χ3v) is 4.45. The van der Waals surface area contributed by atoms with Crippen LogP contribution in [0.25, 0.3) is 0 Å². The van der Waals surface area contributed by atoms with Crippen molar-refractivity contribution in [2.45, 2.75) is 25.3 Å². The van der Waals surface area contributed by atoms with Gasteiger partial charge in [-0.2, -0.15) is 17.0 Å². The van der Waals surface area contributed by atoms with Crippen molar-refractivity contribution in [3.05, 3.63) is 0 Å². The fourth-order valence-electron chi connectivity index (χ4n) is 1.64. The zero-order chi connectivity index (χ0) is 11.6. The number of nitrogens with zero attached hydrogens (tertiary/aromatic N) is 2. The number of piperidine rings is 1. The van der Waals surface area contributed by atoms with Crippen LogP contribution in [0.5, 0.6) is 0 Å². The van der Waals surface area contributed by atoms with Crippen LogP contribution in [0.2, 0.25) is 0 Å². The molecule has 0 bridgehead atoms. The van der Waals surface area contributed by atoms with Gasteiger partial charge in [-0.05, 0) is 19.3 Å². The largest absolute Gasteiger partial charge is 0.480 e. The van der Waals surface area contributed by atoms with Crippen molar-refractivity contribution in [2.24, 2.45) is 0 Å². The number of hydrogen-bond donors (Lipinski definition) is 1. The Hall–Kier alpha value is -0.660. The Bertz CT molecular complexity index is 339. The van der Waals surface area contributed by atoms with E-state index in [4.69, 9.17) is 5.11 Å². The molecule has 0 aromatic heterocycles. The highest BCUT2D eigenvalue weighted by Crippen LogP contribution is 2.21. The van der Waals surface area contributed by atoms with E-state index in [0.29, 0.717) is 6.42 Å². The standard InChI is InChI=1S/C8H16N2O4S/c1-9(2)15(13,14)10-6-4-3-5-7(10)8(11)12/h7H,3-6H2,1-2H3,(H,11,12)/t7-/m1/s1. The van der Waals surface area contributed by atoms with Gasteiger partial charge in [0.25, 0.3) is 10.2 Å². The van der Waals surface area contributed by atoms with Crippen LogP contribution >= 0.6 is 0 Å². The summed E-state index contributed by atoms with van der Waals surface area (Å²) < 4.78 is 25.7. The lowest BCUT2D eigenvalue weighted by molar-refractivity contribution is -0.142. The summed E-state index contributed by atoms with van der Waals surface area (Å²) in [6, 6.07) is -0.911. The number of rotatable bonds is 3. The molecule has 1 aliphatic rings. The van der Waals surface area contributed by atoms with E-state index in [0.717, 1.165) is 21.5 Å². The molecular weight excluding hydrogens is 220 g/mol. The Kier molecular flexibility index (Phi) is 3.69. The van der Waals surface area contributed by atoms with E-state index >= 15 is 0 Å². The van der Waals surface area contributed by atoms with Crippen molar-refractivity contribution >= 4 is 16.2 Å². The first-order chi connectivity index (χ1) is 6.87. The predicted molar refractivity (Wildman–Crippen MR) is 54.6 cm³/mol. The first kappa shape index (κ1) is 12.4. The molecular formula is C8H16N2O4S. The van der Waals surface area contributed by atoms with Crippen molar-refractivity contribution in [3.8, 4) is 0 Å². The second kappa shape index (κ2) is 4.46. The van der Waals surface area contributed by atoms with Crippen LogP contribution in [-0.4, -0.2) is 54.8 Å². The van der Waals surface area contributed by atoms with Gasteiger partial charge in [0, 0.05) is 20.6 Å². The molecule has 88 valence electrons. The first-order valence-electron chi connectivity index (χ1n) is 4.79. The normalized spacial score (nSPS) is 24.3. The molecule has 0 spiro atoms. The van der Waals surface area contributed by atoms with E-state index in [1.54, 1.807) is 0 Å². The number of hydrogen-bond acceptors (Lipinski definition) is 3. The predicted octanol–water partition coefficient (Wildman–Crippen LogP) is -0.268. The zero-order valence-electron chi connectivity index (χ0n) is 8.88. The summed E-state index contributed by atoms with van der Waals surface area (Å²) >= 11 is 0. The Labute approximate surface area is 89.7 Å². The Morgan fingerprint density at radius 2 is 2.00 bits per heavy atom. The summed E-state index contributed by atoms with van der Waals surface area (Å²) in [7, 11) is -0.797. The second-order valence-electron chi connectivity index (χ2n) is 3.75. The molecule has 1 atom stereocenters. The van der Waals surface area contributed by atoms with Crippen molar-refractivity contribution < 1.29 is 18.3 Å². The SMILES string of the molecule is CN(C)S(=O)(=O)N1CCCC[C@@H]1C(=O)O. The minimum absolute atomic E-state index is 0.289. The van der Waals surface area contributed by atoms with Gasteiger partial charge in [-0.15, -0.1) is 0 Å². The van der Waals surface area contributed by atoms with Gasteiger partial charge in [-0.3, -0.25) is 4.79 Å². The number of carbonyl (C=O) groups is 1. The van der Waals surface area contributed by atoms with E-state index in [2.05, 4.69) is 0 Å². The van der Waals surface area contributed by atoms with Gasteiger partial charge in [-0.25, -0.2) is 0 Å².